The molecule has 0 atom stereocenters. The third-order valence-electron chi connectivity index (χ3n) is 3.44. The lowest BCUT2D eigenvalue weighted by Crippen LogP contribution is -2.25. The number of hydrogen-bond acceptors (Lipinski definition) is 2. The van der Waals surface area contributed by atoms with Crippen LogP contribution in [0.4, 0.5) is 0 Å². The molecule has 2 aromatic rings. The molecule has 0 fully saturated rings. The Morgan fingerprint density at radius 3 is 2.47 bits per heavy atom. The summed E-state index contributed by atoms with van der Waals surface area (Å²) in [6.07, 6.45) is 5.07. The second-order valence-electron chi connectivity index (χ2n) is 4.77. The third kappa shape index (κ3) is 2.77. The van der Waals surface area contributed by atoms with Gasteiger partial charge in [0.1, 0.15) is 0 Å². The smallest absolute Gasteiger partial charge is 0.182 e. The minimum absolute atomic E-state index is 0.803. The van der Waals surface area contributed by atoms with E-state index in [-0.39, 0.29) is 0 Å². The topological polar surface area (TPSA) is 16.1 Å². The number of benzene rings is 1. The van der Waals surface area contributed by atoms with Crippen molar-refractivity contribution >= 4 is 13.6 Å². The molecular formula is C16H15BN2. The molecule has 92 valence electrons. The zero-order valence-corrected chi connectivity index (χ0v) is 10.8. The molecule has 2 radical (unpaired) electrons. The van der Waals surface area contributed by atoms with Gasteiger partial charge >= 0.3 is 0 Å². The predicted molar refractivity (Wildman–Crippen MR) is 79.6 cm³/mol. The fraction of sp³-hybridized carbons (Fsp3) is 0.188. The summed E-state index contributed by atoms with van der Waals surface area (Å²) >= 11 is 0. The van der Waals surface area contributed by atoms with Crippen LogP contribution >= 0.6 is 0 Å². The molecule has 1 aliphatic heterocycles. The number of hydrogen-bond donors (Lipinski definition) is 0. The van der Waals surface area contributed by atoms with Gasteiger partial charge in [-0.3, -0.25) is 4.98 Å². The van der Waals surface area contributed by atoms with Crippen molar-refractivity contribution < 1.29 is 0 Å². The van der Waals surface area contributed by atoms with Gasteiger partial charge in [0.05, 0.1) is 5.69 Å². The second-order valence-corrected chi connectivity index (χ2v) is 4.77. The molecule has 1 aromatic heterocycles. The molecule has 0 unspecified atom stereocenters. The van der Waals surface area contributed by atoms with Crippen LogP contribution in [0.3, 0.4) is 0 Å². The Hall–Kier alpha value is -1.87. The van der Waals surface area contributed by atoms with Crippen molar-refractivity contribution in [3.8, 4) is 11.1 Å². The quantitative estimate of drug-likeness (QED) is 0.757. The van der Waals surface area contributed by atoms with E-state index in [0.717, 1.165) is 30.8 Å². The van der Waals surface area contributed by atoms with E-state index in [4.69, 9.17) is 7.98 Å². The summed E-state index contributed by atoms with van der Waals surface area (Å²) in [6, 6.07) is 14.5. The SMILES string of the molecule is [B]N1CC=C(c2ccc(-c3ccccc3)cn2)CC1. The highest BCUT2D eigenvalue weighted by atomic mass is 15.0. The zero-order chi connectivity index (χ0) is 13.1. The van der Waals surface area contributed by atoms with Gasteiger partial charge < -0.3 is 4.81 Å². The fourth-order valence-electron chi connectivity index (χ4n) is 2.30. The maximum Gasteiger partial charge on any atom is 0.182 e. The highest BCUT2D eigenvalue weighted by molar-refractivity contribution is 6.04. The Morgan fingerprint density at radius 1 is 1.00 bits per heavy atom. The average Bonchev–Trinajstić information content (AvgIpc) is 2.49. The Labute approximate surface area is 115 Å². The molecule has 1 aromatic carbocycles. The molecule has 0 bridgehead atoms. The van der Waals surface area contributed by atoms with E-state index >= 15 is 0 Å². The van der Waals surface area contributed by atoms with Crippen LogP contribution in [-0.4, -0.2) is 30.9 Å². The maximum absolute atomic E-state index is 5.74. The molecule has 0 aliphatic carbocycles. The van der Waals surface area contributed by atoms with E-state index in [0.29, 0.717) is 0 Å². The minimum atomic E-state index is 0.803. The van der Waals surface area contributed by atoms with Gasteiger partial charge in [-0.2, -0.15) is 0 Å². The van der Waals surface area contributed by atoms with Gasteiger partial charge in [-0.05, 0) is 30.2 Å². The van der Waals surface area contributed by atoms with E-state index in [1.165, 1.54) is 11.1 Å². The fourth-order valence-corrected chi connectivity index (χ4v) is 2.30. The maximum atomic E-state index is 5.74. The number of aromatic nitrogens is 1. The Bertz CT molecular complexity index is 575. The molecule has 0 amide bonds. The van der Waals surface area contributed by atoms with Gasteiger partial charge in [0.2, 0.25) is 0 Å². The van der Waals surface area contributed by atoms with Gasteiger partial charge in [-0.25, -0.2) is 0 Å². The molecule has 1 aliphatic rings. The van der Waals surface area contributed by atoms with Crippen molar-refractivity contribution in [1.29, 1.82) is 0 Å². The zero-order valence-electron chi connectivity index (χ0n) is 10.8. The van der Waals surface area contributed by atoms with Crippen LogP contribution in [-0.2, 0) is 0 Å². The van der Waals surface area contributed by atoms with E-state index in [1.54, 1.807) is 0 Å². The van der Waals surface area contributed by atoms with Gasteiger partial charge in [-0.15, -0.1) is 0 Å². The van der Waals surface area contributed by atoms with Crippen molar-refractivity contribution in [2.75, 3.05) is 13.1 Å². The molecule has 19 heavy (non-hydrogen) atoms. The lowest BCUT2D eigenvalue weighted by Gasteiger charge is -2.22. The molecular weight excluding hydrogens is 231 g/mol. The highest BCUT2D eigenvalue weighted by Gasteiger charge is 2.10. The largest absolute Gasteiger partial charge is 0.350 e. The summed E-state index contributed by atoms with van der Waals surface area (Å²) in [7, 11) is 5.74. The monoisotopic (exact) mass is 246 g/mol. The molecule has 0 saturated heterocycles. The Morgan fingerprint density at radius 2 is 1.84 bits per heavy atom. The van der Waals surface area contributed by atoms with Gasteiger partial charge in [0.15, 0.2) is 7.98 Å². The van der Waals surface area contributed by atoms with Crippen molar-refractivity contribution in [2.45, 2.75) is 6.42 Å². The normalized spacial score (nSPS) is 16.1. The average molecular weight is 246 g/mol. The molecule has 0 spiro atoms. The minimum Gasteiger partial charge on any atom is -0.350 e. The second kappa shape index (κ2) is 5.41. The van der Waals surface area contributed by atoms with Gasteiger partial charge in [0.25, 0.3) is 0 Å². The van der Waals surface area contributed by atoms with Crippen LogP contribution in [0.25, 0.3) is 16.7 Å². The van der Waals surface area contributed by atoms with E-state index in [1.807, 2.05) is 29.2 Å². The van der Waals surface area contributed by atoms with Crippen molar-refractivity contribution in [3.63, 3.8) is 0 Å². The van der Waals surface area contributed by atoms with Crippen LogP contribution in [0.5, 0.6) is 0 Å². The summed E-state index contributed by atoms with van der Waals surface area (Å²) in [5.74, 6) is 0. The molecule has 2 heterocycles. The summed E-state index contributed by atoms with van der Waals surface area (Å²) < 4.78 is 0. The Balaban J connectivity index is 1.84. The van der Waals surface area contributed by atoms with Crippen LogP contribution < -0.4 is 0 Å². The lowest BCUT2D eigenvalue weighted by molar-refractivity contribution is 0.497. The highest BCUT2D eigenvalue weighted by Crippen LogP contribution is 2.23. The molecule has 2 nitrogen and oxygen atoms in total. The lowest BCUT2D eigenvalue weighted by atomic mass is 10.0. The van der Waals surface area contributed by atoms with Gasteiger partial charge in [0, 0.05) is 18.3 Å². The number of nitrogens with zero attached hydrogens (tertiary/aromatic N) is 2. The van der Waals surface area contributed by atoms with Crippen LogP contribution in [0, 0.1) is 0 Å². The third-order valence-corrected chi connectivity index (χ3v) is 3.44. The first-order valence-electron chi connectivity index (χ1n) is 6.53. The molecule has 0 N–H and O–H groups in total. The molecule has 3 rings (SSSR count). The van der Waals surface area contributed by atoms with Crippen molar-refractivity contribution in [3.05, 3.63) is 60.4 Å². The summed E-state index contributed by atoms with van der Waals surface area (Å²) in [4.78, 5) is 6.40. The van der Waals surface area contributed by atoms with Crippen LogP contribution in [0.1, 0.15) is 12.1 Å². The first-order valence-corrected chi connectivity index (χ1v) is 6.53. The predicted octanol–water partition coefficient (Wildman–Crippen LogP) is 2.92. The van der Waals surface area contributed by atoms with E-state index < -0.39 is 0 Å². The van der Waals surface area contributed by atoms with Crippen molar-refractivity contribution in [1.82, 2.24) is 9.79 Å². The number of pyridine rings is 1. The summed E-state index contributed by atoms with van der Waals surface area (Å²) in [5, 5.41) is 0. The van der Waals surface area contributed by atoms with Crippen LogP contribution in [0.2, 0.25) is 0 Å². The summed E-state index contributed by atoms with van der Waals surface area (Å²) in [6.45, 7) is 1.70. The standard InChI is InChI=1S/C16H15BN2/c17-19-10-8-14(9-11-19)16-7-6-15(12-18-16)13-4-2-1-3-5-13/h1-8,12H,9-11H2. The van der Waals surface area contributed by atoms with E-state index in [9.17, 15) is 0 Å². The first kappa shape index (κ1) is 12.2. The Kier molecular flexibility index (Phi) is 3.47. The number of rotatable bonds is 2. The summed E-state index contributed by atoms with van der Waals surface area (Å²) in [5.41, 5.74) is 4.71. The van der Waals surface area contributed by atoms with Crippen LogP contribution in [0.15, 0.2) is 54.7 Å². The molecule has 0 saturated carbocycles. The van der Waals surface area contributed by atoms with Crippen molar-refractivity contribution in [2.24, 2.45) is 0 Å². The van der Waals surface area contributed by atoms with E-state index in [2.05, 4.69) is 35.3 Å². The molecule has 3 heteroatoms. The first-order chi connectivity index (χ1) is 9.33. The van der Waals surface area contributed by atoms with Gasteiger partial charge in [-0.1, -0.05) is 42.5 Å².